The van der Waals surface area contributed by atoms with Crippen molar-refractivity contribution in [2.45, 2.75) is 13.5 Å². The highest BCUT2D eigenvalue weighted by Gasteiger charge is 2.11. The van der Waals surface area contributed by atoms with E-state index in [4.69, 9.17) is 0 Å². The van der Waals surface area contributed by atoms with Gasteiger partial charge in [0.1, 0.15) is 0 Å². The van der Waals surface area contributed by atoms with Crippen LogP contribution >= 0.6 is 0 Å². The van der Waals surface area contributed by atoms with Crippen LogP contribution < -0.4 is 10.6 Å². The SMILES string of the molecule is C=C(C)C(=O)NC(=O)NC(F)F. The maximum atomic E-state index is 11.4. The Hall–Kier alpha value is -1.46. The number of rotatable bonds is 2. The molecule has 2 N–H and O–H groups in total. The number of carbonyl (C=O) groups excluding carboxylic acids is 2. The summed E-state index contributed by atoms with van der Waals surface area (Å²) in [6.45, 7) is 1.58. The number of hydrogen-bond donors (Lipinski definition) is 2. The van der Waals surface area contributed by atoms with Gasteiger partial charge in [-0.05, 0) is 6.92 Å². The molecule has 0 aromatic carbocycles. The molecule has 4 nitrogen and oxygen atoms in total. The van der Waals surface area contributed by atoms with E-state index in [2.05, 4.69) is 6.58 Å². The van der Waals surface area contributed by atoms with Gasteiger partial charge in [0.2, 0.25) is 0 Å². The van der Waals surface area contributed by atoms with Crippen LogP contribution in [0.5, 0.6) is 0 Å². The lowest BCUT2D eigenvalue weighted by molar-refractivity contribution is -0.116. The average Bonchev–Trinajstić information content (AvgIpc) is 1.84. The summed E-state index contributed by atoms with van der Waals surface area (Å²) in [6.07, 6.45) is 0. The average molecular weight is 178 g/mol. The van der Waals surface area contributed by atoms with Gasteiger partial charge in [-0.2, -0.15) is 8.78 Å². The highest BCUT2D eigenvalue weighted by atomic mass is 19.3. The van der Waals surface area contributed by atoms with E-state index in [1.807, 2.05) is 0 Å². The molecule has 0 aliphatic carbocycles. The molecule has 0 atom stereocenters. The molecule has 3 amide bonds. The van der Waals surface area contributed by atoms with Crippen LogP contribution in [0.2, 0.25) is 0 Å². The van der Waals surface area contributed by atoms with Gasteiger partial charge in [-0.25, -0.2) is 4.79 Å². The molecule has 0 fully saturated rings. The molecule has 0 unspecified atom stereocenters. The van der Waals surface area contributed by atoms with E-state index in [0.717, 1.165) is 0 Å². The number of hydrogen-bond acceptors (Lipinski definition) is 2. The summed E-state index contributed by atoms with van der Waals surface area (Å²) in [5.74, 6) is -0.784. The third-order valence-electron chi connectivity index (χ3n) is 0.855. The molecule has 0 radical (unpaired) electrons. The number of amides is 3. The van der Waals surface area contributed by atoms with Crippen molar-refractivity contribution in [1.29, 1.82) is 0 Å². The first-order valence-electron chi connectivity index (χ1n) is 2.99. The Balaban J connectivity index is 3.85. The van der Waals surface area contributed by atoms with Gasteiger partial charge in [-0.3, -0.25) is 15.4 Å². The van der Waals surface area contributed by atoms with E-state index in [9.17, 15) is 18.4 Å². The minimum atomic E-state index is -2.98. The van der Waals surface area contributed by atoms with Crippen LogP contribution in [-0.4, -0.2) is 18.5 Å². The maximum Gasteiger partial charge on any atom is 0.325 e. The predicted molar refractivity (Wildman–Crippen MR) is 37.5 cm³/mol. The normalized spacial score (nSPS) is 9.33. The van der Waals surface area contributed by atoms with Crippen molar-refractivity contribution in [2.75, 3.05) is 0 Å². The first-order chi connectivity index (χ1) is 5.43. The van der Waals surface area contributed by atoms with E-state index in [1.165, 1.54) is 12.2 Å². The predicted octanol–water partition coefficient (Wildman–Crippen LogP) is 0.611. The molecule has 0 saturated heterocycles. The molecule has 68 valence electrons. The Labute approximate surface area is 67.6 Å². The van der Waals surface area contributed by atoms with E-state index < -0.39 is 18.5 Å². The molecule has 0 spiro atoms. The summed E-state index contributed by atoms with van der Waals surface area (Å²) >= 11 is 0. The van der Waals surface area contributed by atoms with E-state index in [0.29, 0.717) is 0 Å². The van der Waals surface area contributed by atoms with Gasteiger partial charge in [0, 0.05) is 5.57 Å². The molecule has 0 rings (SSSR count). The van der Waals surface area contributed by atoms with E-state index >= 15 is 0 Å². The quantitative estimate of drug-likeness (QED) is 0.480. The second-order valence-corrected chi connectivity index (χ2v) is 2.01. The topological polar surface area (TPSA) is 58.2 Å². The summed E-state index contributed by atoms with van der Waals surface area (Å²) in [4.78, 5) is 21.0. The highest BCUT2D eigenvalue weighted by molar-refractivity contribution is 6.02. The van der Waals surface area contributed by atoms with Crippen molar-refractivity contribution in [3.63, 3.8) is 0 Å². The van der Waals surface area contributed by atoms with Crippen LogP contribution in [-0.2, 0) is 4.79 Å². The summed E-state index contributed by atoms with van der Waals surface area (Å²) in [5.41, 5.74) is 0.0689. The lowest BCUT2D eigenvalue weighted by Crippen LogP contribution is -2.41. The summed E-state index contributed by atoms with van der Waals surface area (Å²) in [5, 5.41) is 2.83. The maximum absolute atomic E-state index is 11.4. The summed E-state index contributed by atoms with van der Waals surface area (Å²) in [7, 11) is 0. The zero-order valence-corrected chi connectivity index (χ0v) is 6.36. The largest absolute Gasteiger partial charge is 0.325 e. The minimum absolute atomic E-state index is 0.0689. The summed E-state index contributed by atoms with van der Waals surface area (Å²) < 4.78 is 22.9. The number of halogens is 2. The molecule has 0 heterocycles. The van der Waals surface area contributed by atoms with Crippen LogP contribution in [0, 0.1) is 0 Å². The van der Waals surface area contributed by atoms with E-state index in [-0.39, 0.29) is 5.57 Å². The molecule has 0 aromatic heterocycles. The van der Waals surface area contributed by atoms with Gasteiger partial charge in [-0.1, -0.05) is 6.58 Å². The fourth-order valence-corrected chi connectivity index (χ4v) is 0.345. The van der Waals surface area contributed by atoms with Crippen LogP contribution in [0.15, 0.2) is 12.2 Å². The van der Waals surface area contributed by atoms with E-state index in [1.54, 1.807) is 5.32 Å². The second-order valence-electron chi connectivity index (χ2n) is 2.01. The van der Waals surface area contributed by atoms with Crippen LogP contribution in [0.1, 0.15) is 6.92 Å². The fourth-order valence-electron chi connectivity index (χ4n) is 0.345. The fraction of sp³-hybridized carbons (Fsp3) is 0.333. The first kappa shape index (κ1) is 10.5. The number of nitrogens with one attached hydrogen (secondary N) is 2. The number of alkyl halides is 2. The Kier molecular flexibility index (Phi) is 3.89. The van der Waals surface area contributed by atoms with Crippen molar-refractivity contribution in [2.24, 2.45) is 0 Å². The number of imide groups is 1. The number of carbonyl (C=O) groups is 2. The third-order valence-corrected chi connectivity index (χ3v) is 0.855. The number of urea groups is 1. The van der Waals surface area contributed by atoms with Crippen LogP contribution in [0.4, 0.5) is 13.6 Å². The molecule has 0 aromatic rings. The Morgan fingerprint density at radius 1 is 1.42 bits per heavy atom. The molecule has 12 heavy (non-hydrogen) atoms. The second kappa shape index (κ2) is 4.42. The summed E-state index contributed by atoms with van der Waals surface area (Å²) in [6, 6.07) is -1.24. The van der Waals surface area contributed by atoms with Gasteiger partial charge in [0.25, 0.3) is 5.91 Å². The lowest BCUT2D eigenvalue weighted by Gasteiger charge is -2.04. The van der Waals surface area contributed by atoms with Gasteiger partial charge in [-0.15, -0.1) is 0 Å². The van der Waals surface area contributed by atoms with Crippen LogP contribution in [0.3, 0.4) is 0 Å². The molecule has 0 aliphatic rings. The van der Waals surface area contributed by atoms with Crippen molar-refractivity contribution >= 4 is 11.9 Å². The molecule has 6 heteroatoms. The van der Waals surface area contributed by atoms with Gasteiger partial charge >= 0.3 is 12.6 Å². The molecule has 0 saturated carbocycles. The monoisotopic (exact) mass is 178 g/mol. The highest BCUT2D eigenvalue weighted by Crippen LogP contribution is 1.87. The van der Waals surface area contributed by atoms with Crippen molar-refractivity contribution < 1.29 is 18.4 Å². The third kappa shape index (κ3) is 4.37. The Bertz CT molecular complexity index is 216. The zero-order valence-electron chi connectivity index (χ0n) is 6.36. The zero-order chi connectivity index (χ0) is 9.72. The Morgan fingerprint density at radius 2 is 1.92 bits per heavy atom. The standard InChI is InChI=1S/C6H8F2N2O2/c1-3(2)4(11)9-6(12)10-5(7)8/h5H,1H2,2H3,(H2,9,10,11,12). The lowest BCUT2D eigenvalue weighted by atomic mass is 10.3. The smallest absolute Gasteiger partial charge is 0.281 e. The van der Waals surface area contributed by atoms with Crippen molar-refractivity contribution in [3.05, 3.63) is 12.2 Å². The molecular formula is C6H8F2N2O2. The van der Waals surface area contributed by atoms with Crippen molar-refractivity contribution in [1.82, 2.24) is 10.6 Å². The van der Waals surface area contributed by atoms with Gasteiger partial charge in [0.05, 0.1) is 0 Å². The minimum Gasteiger partial charge on any atom is -0.281 e. The van der Waals surface area contributed by atoms with Crippen LogP contribution in [0.25, 0.3) is 0 Å². The van der Waals surface area contributed by atoms with Gasteiger partial charge < -0.3 is 0 Å². The first-order valence-corrected chi connectivity index (χ1v) is 2.99. The molecule has 0 bridgehead atoms. The molecular weight excluding hydrogens is 170 g/mol. The molecule has 0 aliphatic heterocycles. The van der Waals surface area contributed by atoms with Crippen molar-refractivity contribution in [3.8, 4) is 0 Å². The van der Waals surface area contributed by atoms with Gasteiger partial charge in [0.15, 0.2) is 0 Å². The Morgan fingerprint density at radius 3 is 2.25 bits per heavy atom.